The van der Waals surface area contributed by atoms with E-state index in [1.54, 1.807) is 0 Å². The number of rotatable bonds is 6. The lowest BCUT2D eigenvalue weighted by atomic mass is 10.1. The summed E-state index contributed by atoms with van der Waals surface area (Å²) in [6.07, 6.45) is 6.23. The van der Waals surface area contributed by atoms with Crippen LogP contribution in [0, 0.1) is 0 Å². The van der Waals surface area contributed by atoms with Crippen molar-refractivity contribution in [2.45, 2.75) is 44.3 Å². The molecule has 1 fully saturated rings. The van der Waals surface area contributed by atoms with Gasteiger partial charge in [-0.2, -0.15) is 0 Å². The second kappa shape index (κ2) is 8.08. The molecular weight excluding hydrogens is 278 g/mol. The zero-order valence-corrected chi connectivity index (χ0v) is 14.7. The number of hydrogen-bond donors (Lipinski definition) is 0. The molecule has 0 bridgehead atoms. The van der Waals surface area contributed by atoms with Crippen LogP contribution in [-0.2, 0) is 15.3 Å². The first-order chi connectivity index (χ1) is 10.2. The molecule has 0 amide bonds. The van der Waals surface area contributed by atoms with Crippen molar-refractivity contribution in [3.63, 3.8) is 0 Å². The Morgan fingerprint density at radius 2 is 1.81 bits per heavy atom. The molecule has 0 N–H and O–H groups in total. The fourth-order valence-electron chi connectivity index (χ4n) is 3.30. The van der Waals surface area contributed by atoms with Crippen LogP contribution in [-0.4, -0.2) is 46.4 Å². The summed E-state index contributed by atoms with van der Waals surface area (Å²) in [5, 5.41) is 0. The molecule has 2 rings (SSSR count). The second-order valence-electron chi connectivity index (χ2n) is 6.06. The molecule has 0 aromatic heterocycles. The number of hydrogen-bond acceptors (Lipinski definition) is 3. The molecule has 1 saturated heterocycles. The lowest BCUT2D eigenvalue weighted by molar-refractivity contribution is 0.164. The van der Waals surface area contributed by atoms with Gasteiger partial charge >= 0.3 is 8.56 Å². The summed E-state index contributed by atoms with van der Waals surface area (Å²) < 4.78 is 11.7. The van der Waals surface area contributed by atoms with Crippen LogP contribution in [0.1, 0.15) is 31.2 Å². The monoisotopic (exact) mass is 307 g/mol. The Morgan fingerprint density at radius 1 is 1.10 bits per heavy atom. The maximum Gasteiger partial charge on any atom is 0.352 e. The SMILES string of the molecule is CO[Si](C)(OC)C1CCCCCN1CCc1ccccc1. The Labute approximate surface area is 130 Å². The number of likely N-dealkylation sites (tertiary alicyclic amines) is 1. The van der Waals surface area contributed by atoms with Gasteiger partial charge in [-0.3, -0.25) is 4.90 Å². The summed E-state index contributed by atoms with van der Waals surface area (Å²) in [6.45, 7) is 4.48. The average molecular weight is 308 g/mol. The van der Waals surface area contributed by atoms with Crippen molar-refractivity contribution in [1.29, 1.82) is 0 Å². The van der Waals surface area contributed by atoms with Gasteiger partial charge in [0.15, 0.2) is 0 Å². The third-order valence-corrected chi connectivity index (χ3v) is 8.30. The number of benzene rings is 1. The van der Waals surface area contributed by atoms with Crippen LogP contribution in [0.5, 0.6) is 0 Å². The van der Waals surface area contributed by atoms with Gasteiger partial charge in [-0.05, 0) is 37.9 Å². The van der Waals surface area contributed by atoms with Gasteiger partial charge < -0.3 is 8.85 Å². The topological polar surface area (TPSA) is 21.7 Å². The van der Waals surface area contributed by atoms with Gasteiger partial charge in [0.05, 0.1) is 5.67 Å². The lowest BCUT2D eigenvalue weighted by Crippen LogP contribution is -2.58. The molecular formula is C17H29NO2Si. The van der Waals surface area contributed by atoms with Gasteiger partial charge in [0.2, 0.25) is 0 Å². The van der Waals surface area contributed by atoms with Crippen LogP contribution >= 0.6 is 0 Å². The first-order valence-corrected chi connectivity index (χ1v) is 10.5. The Hall–Kier alpha value is -0.683. The summed E-state index contributed by atoms with van der Waals surface area (Å²) >= 11 is 0. The maximum atomic E-state index is 5.84. The van der Waals surface area contributed by atoms with Crippen molar-refractivity contribution < 1.29 is 8.85 Å². The molecule has 21 heavy (non-hydrogen) atoms. The highest BCUT2D eigenvalue weighted by Gasteiger charge is 2.43. The molecule has 0 spiro atoms. The van der Waals surface area contributed by atoms with Crippen LogP contribution in [0.3, 0.4) is 0 Å². The second-order valence-corrected chi connectivity index (χ2v) is 9.58. The summed E-state index contributed by atoms with van der Waals surface area (Å²) in [7, 11) is 1.53. The van der Waals surface area contributed by atoms with E-state index in [9.17, 15) is 0 Å². The summed E-state index contributed by atoms with van der Waals surface area (Å²) in [4.78, 5) is 2.62. The minimum atomic E-state index is -2.10. The van der Waals surface area contributed by atoms with Crippen LogP contribution < -0.4 is 0 Å². The van der Waals surface area contributed by atoms with E-state index in [1.807, 2.05) is 14.2 Å². The molecule has 1 atom stereocenters. The highest BCUT2D eigenvalue weighted by molar-refractivity contribution is 6.67. The Kier molecular flexibility index (Phi) is 6.42. The zero-order valence-electron chi connectivity index (χ0n) is 13.7. The van der Waals surface area contributed by atoms with E-state index in [2.05, 4.69) is 41.8 Å². The van der Waals surface area contributed by atoms with E-state index in [4.69, 9.17) is 8.85 Å². The van der Waals surface area contributed by atoms with E-state index in [-0.39, 0.29) is 0 Å². The zero-order chi connectivity index (χ0) is 15.1. The fraction of sp³-hybridized carbons (Fsp3) is 0.647. The van der Waals surface area contributed by atoms with Gasteiger partial charge in [-0.25, -0.2) is 0 Å². The third kappa shape index (κ3) is 4.39. The van der Waals surface area contributed by atoms with Crippen molar-refractivity contribution in [3.8, 4) is 0 Å². The Bertz CT molecular complexity index is 409. The van der Waals surface area contributed by atoms with Crippen LogP contribution in [0.4, 0.5) is 0 Å². The average Bonchev–Trinajstić information content (AvgIpc) is 2.79. The maximum absolute atomic E-state index is 5.84. The molecule has 1 unspecified atom stereocenters. The van der Waals surface area contributed by atoms with Gasteiger partial charge in [0.1, 0.15) is 0 Å². The van der Waals surface area contributed by atoms with Crippen molar-refractivity contribution in [2.24, 2.45) is 0 Å². The van der Waals surface area contributed by atoms with Crippen LogP contribution in [0.25, 0.3) is 0 Å². The standard InChI is InChI=1S/C17H29NO2Si/c1-19-21(3,20-2)17-12-8-5-9-14-18(17)15-13-16-10-6-4-7-11-16/h4,6-7,10-11,17H,5,8-9,12-15H2,1-3H3. The van der Waals surface area contributed by atoms with Crippen molar-refractivity contribution in [1.82, 2.24) is 4.90 Å². The first-order valence-electron chi connectivity index (χ1n) is 8.08. The van der Waals surface area contributed by atoms with Crippen LogP contribution in [0.2, 0.25) is 6.55 Å². The minimum Gasteiger partial charge on any atom is -0.397 e. The van der Waals surface area contributed by atoms with Gasteiger partial charge in [-0.1, -0.05) is 43.2 Å². The van der Waals surface area contributed by atoms with E-state index in [0.29, 0.717) is 5.67 Å². The molecule has 1 aliphatic heterocycles. The van der Waals surface area contributed by atoms with E-state index in [1.165, 1.54) is 37.8 Å². The molecule has 1 heterocycles. The largest absolute Gasteiger partial charge is 0.397 e. The van der Waals surface area contributed by atoms with Crippen LogP contribution in [0.15, 0.2) is 30.3 Å². The molecule has 1 aromatic rings. The van der Waals surface area contributed by atoms with E-state index >= 15 is 0 Å². The molecule has 1 aliphatic rings. The summed E-state index contributed by atoms with van der Waals surface area (Å²) in [5.41, 5.74) is 1.89. The predicted molar refractivity (Wildman–Crippen MR) is 89.6 cm³/mol. The van der Waals surface area contributed by atoms with Crippen molar-refractivity contribution in [3.05, 3.63) is 35.9 Å². The predicted octanol–water partition coefficient (Wildman–Crippen LogP) is 3.38. The molecule has 118 valence electrons. The molecule has 4 heteroatoms. The highest BCUT2D eigenvalue weighted by atomic mass is 28.4. The smallest absolute Gasteiger partial charge is 0.352 e. The number of nitrogens with zero attached hydrogens (tertiary/aromatic N) is 1. The molecule has 0 saturated carbocycles. The molecule has 0 aliphatic carbocycles. The molecule has 1 aromatic carbocycles. The summed E-state index contributed by atoms with van der Waals surface area (Å²) in [6, 6.07) is 10.8. The Morgan fingerprint density at radius 3 is 2.48 bits per heavy atom. The van der Waals surface area contributed by atoms with E-state index < -0.39 is 8.56 Å². The van der Waals surface area contributed by atoms with Gasteiger partial charge in [0.25, 0.3) is 0 Å². The van der Waals surface area contributed by atoms with Crippen molar-refractivity contribution in [2.75, 3.05) is 27.3 Å². The minimum absolute atomic E-state index is 0.471. The Balaban J connectivity index is 2.05. The first kappa shape index (κ1) is 16.7. The van der Waals surface area contributed by atoms with Crippen molar-refractivity contribution >= 4 is 8.56 Å². The lowest BCUT2D eigenvalue weighted by Gasteiger charge is -2.39. The summed E-state index contributed by atoms with van der Waals surface area (Å²) in [5.74, 6) is 0. The quantitative estimate of drug-likeness (QED) is 0.752. The third-order valence-electron chi connectivity index (χ3n) is 4.81. The van der Waals surface area contributed by atoms with E-state index in [0.717, 1.165) is 13.0 Å². The highest BCUT2D eigenvalue weighted by Crippen LogP contribution is 2.26. The molecule has 0 radical (unpaired) electrons. The normalized spacial score (nSPS) is 21.2. The fourth-order valence-corrected chi connectivity index (χ4v) is 5.66. The van der Waals surface area contributed by atoms with Gasteiger partial charge in [-0.15, -0.1) is 0 Å². The molecule has 3 nitrogen and oxygen atoms in total. The van der Waals surface area contributed by atoms with Gasteiger partial charge in [0, 0.05) is 20.8 Å².